The summed E-state index contributed by atoms with van der Waals surface area (Å²) in [5, 5.41) is 0. The highest BCUT2D eigenvalue weighted by Crippen LogP contribution is 1.98. The summed E-state index contributed by atoms with van der Waals surface area (Å²) < 4.78 is 4.83. The summed E-state index contributed by atoms with van der Waals surface area (Å²) >= 11 is 0. The molecule has 0 aromatic heterocycles. The maximum atomic E-state index is 11.1. The lowest BCUT2D eigenvalue weighted by Crippen LogP contribution is -2.18. The predicted molar refractivity (Wildman–Crippen MR) is 52.8 cm³/mol. The zero-order valence-corrected chi connectivity index (χ0v) is 8.78. The molecule has 0 rings (SSSR count). The van der Waals surface area contributed by atoms with E-state index < -0.39 is 0 Å². The number of rotatable bonds is 5. The van der Waals surface area contributed by atoms with E-state index in [1.807, 2.05) is 25.9 Å². The summed E-state index contributed by atoms with van der Waals surface area (Å²) in [5.74, 6) is -0.338. The second-order valence-electron chi connectivity index (χ2n) is 3.10. The van der Waals surface area contributed by atoms with E-state index in [-0.39, 0.29) is 11.9 Å². The average Bonchev–Trinajstić information content (AvgIpc) is 2.04. The molecule has 0 aliphatic rings. The highest BCUT2D eigenvalue weighted by molar-refractivity contribution is 5.72. The van der Waals surface area contributed by atoms with E-state index in [2.05, 4.69) is 4.99 Å². The van der Waals surface area contributed by atoms with Crippen LogP contribution in [0, 0.1) is 5.92 Å². The first kappa shape index (κ1) is 11.9. The molecule has 0 radical (unpaired) electrons. The van der Waals surface area contributed by atoms with Crippen LogP contribution in [0.15, 0.2) is 4.99 Å². The summed E-state index contributed by atoms with van der Waals surface area (Å²) in [5.41, 5.74) is 0. The largest absolute Gasteiger partial charge is 0.466 e. The van der Waals surface area contributed by atoms with Crippen molar-refractivity contribution in [3.05, 3.63) is 0 Å². The zero-order chi connectivity index (χ0) is 10.3. The van der Waals surface area contributed by atoms with Crippen molar-refractivity contribution in [3.63, 3.8) is 0 Å². The Bertz CT molecular complexity index is 178. The van der Waals surface area contributed by atoms with E-state index in [1.54, 1.807) is 13.3 Å². The number of nitrogens with zero attached hydrogens (tertiary/aromatic N) is 2. The maximum absolute atomic E-state index is 11.1. The van der Waals surface area contributed by atoms with Gasteiger partial charge >= 0.3 is 5.97 Å². The van der Waals surface area contributed by atoms with Crippen molar-refractivity contribution < 1.29 is 9.53 Å². The highest BCUT2D eigenvalue weighted by atomic mass is 16.5. The first-order chi connectivity index (χ1) is 6.07. The molecule has 0 aliphatic heterocycles. The number of esters is 1. The summed E-state index contributed by atoms with van der Waals surface area (Å²) in [6.07, 6.45) is 1.69. The fourth-order valence-electron chi connectivity index (χ4n) is 0.728. The number of hydrogen-bond acceptors (Lipinski definition) is 3. The van der Waals surface area contributed by atoms with E-state index in [9.17, 15) is 4.79 Å². The van der Waals surface area contributed by atoms with Crippen molar-refractivity contribution in [2.24, 2.45) is 10.9 Å². The van der Waals surface area contributed by atoms with Crippen LogP contribution < -0.4 is 0 Å². The molecular weight excluding hydrogens is 168 g/mol. The molecule has 0 fully saturated rings. The average molecular weight is 186 g/mol. The Morgan fingerprint density at radius 1 is 1.62 bits per heavy atom. The molecule has 4 heteroatoms. The fourth-order valence-corrected chi connectivity index (χ4v) is 0.728. The topological polar surface area (TPSA) is 41.9 Å². The van der Waals surface area contributed by atoms with E-state index in [1.165, 1.54) is 0 Å². The Balaban J connectivity index is 3.73. The molecule has 0 heterocycles. The van der Waals surface area contributed by atoms with Crippen LogP contribution in [0.2, 0.25) is 0 Å². The summed E-state index contributed by atoms with van der Waals surface area (Å²) in [6, 6.07) is 0. The van der Waals surface area contributed by atoms with Crippen LogP contribution in [-0.4, -0.2) is 44.5 Å². The number of carbonyl (C=O) groups is 1. The van der Waals surface area contributed by atoms with Gasteiger partial charge in [-0.1, -0.05) is 6.92 Å². The lowest BCUT2D eigenvalue weighted by Gasteiger charge is -2.08. The van der Waals surface area contributed by atoms with Gasteiger partial charge in [-0.2, -0.15) is 0 Å². The van der Waals surface area contributed by atoms with Gasteiger partial charge in [-0.25, -0.2) is 0 Å². The van der Waals surface area contributed by atoms with Gasteiger partial charge in [0.15, 0.2) is 0 Å². The van der Waals surface area contributed by atoms with Crippen molar-refractivity contribution >= 4 is 12.3 Å². The van der Waals surface area contributed by atoms with Crippen LogP contribution >= 0.6 is 0 Å². The minimum absolute atomic E-state index is 0.156. The molecule has 0 spiro atoms. The molecule has 0 aromatic carbocycles. The van der Waals surface area contributed by atoms with Gasteiger partial charge in [-0.05, 0) is 6.92 Å². The summed E-state index contributed by atoms with van der Waals surface area (Å²) in [6.45, 7) is 4.52. The minimum Gasteiger partial charge on any atom is -0.466 e. The summed E-state index contributed by atoms with van der Waals surface area (Å²) in [4.78, 5) is 17.0. The summed E-state index contributed by atoms with van der Waals surface area (Å²) in [7, 11) is 3.77. The lowest BCUT2D eigenvalue weighted by molar-refractivity contribution is -0.146. The third-order valence-electron chi connectivity index (χ3n) is 1.38. The van der Waals surface area contributed by atoms with E-state index in [0.717, 1.165) is 0 Å². The molecule has 0 aliphatic carbocycles. The fraction of sp³-hybridized carbons (Fsp3) is 0.778. The van der Waals surface area contributed by atoms with Crippen molar-refractivity contribution in [2.75, 3.05) is 27.2 Å². The van der Waals surface area contributed by atoms with Crippen molar-refractivity contribution in [3.8, 4) is 0 Å². The number of aliphatic imine (C=N–C) groups is 1. The normalized spacial score (nSPS) is 12.9. The van der Waals surface area contributed by atoms with E-state index in [4.69, 9.17) is 4.74 Å². The van der Waals surface area contributed by atoms with E-state index in [0.29, 0.717) is 13.2 Å². The Morgan fingerprint density at radius 2 is 2.23 bits per heavy atom. The predicted octanol–water partition coefficient (Wildman–Crippen LogP) is 0.776. The molecule has 0 bridgehead atoms. The number of hydrogen-bond donors (Lipinski definition) is 0. The molecular formula is C9H18N2O2. The zero-order valence-electron chi connectivity index (χ0n) is 8.78. The smallest absolute Gasteiger partial charge is 0.310 e. The van der Waals surface area contributed by atoms with Crippen LogP contribution in [0.4, 0.5) is 0 Å². The molecule has 0 aromatic rings. The SMILES string of the molecule is CCOC(=O)C(C)CN=CN(C)C. The van der Waals surface area contributed by atoms with Gasteiger partial charge in [0.1, 0.15) is 0 Å². The monoisotopic (exact) mass is 186 g/mol. The third kappa shape index (κ3) is 6.13. The molecule has 0 amide bonds. The van der Waals surface area contributed by atoms with Gasteiger partial charge in [-0.15, -0.1) is 0 Å². The second kappa shape index (κ2) is 6.46. The van der Waals surface area contributed by atoms with Gasteiger partial charge < -0.3 is 9.64 Å². The van der Waals surface area contributed by atoms with Gasteiger partial charge in [0, 0.05) is 14.1 Å². The van der Waals surface area contributed by atoms with Crippen LogP contribution in [0.1, 0.15) is 13.8 Å². The quantitative estimate of drug-likeness (QED) is 0.362. The minimum atomic E-state index is -0.182. The van der Waals surface area contributed by atoms with Crippen molar-refractivity contribution in [2.45, 2.75) is 13.8 Å². The van der Waals surface area contributed by atoms with Crippen LogP contribution in [0.25, 0.3) is 0 Å². The van der Waals surface area contributed by atoms with Gasteiger partial charge in [0.2, 0.25) is 0 Å². The van der Waals surface area contributed by atoms with Crippen molar-refractivity contribution in [1.29, 1.82) is 0 Å². The van der Waals surface area contributed by atoms with Gasteiger partial charge in [0.05, 0.1) is 25.4 Å². The van der Waals surface area contributed by atoms with Crippen molar-refractivity contribution in [1.82, 2.24) is 4.90 Å². The number of carbonyl (C=O) groups excluding carboxylic acids is 1. The molecule has 0 saturated carbocycles. The number of ether oxygens (including phenoxy) is 1. The molecule has 0 N–H and O–H groups in total. The standard InChI is InChI=1S/C9H18N2O2/c1-5-13-9(12)8(2)6-10-7-11(3)4/h7-8H,5-6H2,1-4H3. The first-order valence-electron chi connectivity index (χ1n) is 4.41. The molecule has 1 atom stereocenters. The Hall–Kier alpha value is -1.06. The molecule has 4 nitrogen and oxygen atoms in total. The van der Waals surface area contributed by atoms with Crippen LogP contribution in [0.5, 0.6) is 0 Å². The molecule has 1 unspecified atom stereocenters. The van der Waals surface area contributed by atoms with Crippen LogP contribution in [0.3, 0.4) is 0 Å². The molecule has 13 heavy (non-hydrogen) atoms. The second-order valence-corrected chi connectivity index (χ2v) is 3.10. The lowest BCUT2D eigenvalue weighted by atomic mass is 10.2. The maximum Gasteiger partial charge on any atom is 0.310 e. The van der Waals surface area contributed by atoms with Gasteiger partial charge in [0.25, 0.3) is 0 Å². The van der Waals surface area contributed by atoms with Gasteiger partial charge in [-0.3, -0.25) is 9.79 Å². The van der Waals surface area contributed by atoms with E-state index >= 15 is 0 Å². The Labute approximate surface area is 79.6 Å². The molecule has 76 valence electrons. The third-order valence-corrected chi connectivity index (χ3v) is 1.38. The Kier molecular flexibility index (Phi) is 5.93. The Morgan fingerprint density at radius 3 is 2.69 bits per heavy atom. The first-order valence-corrected chi connectivity index (χ1v) is 4.41. The molecule has 0 saturated heterocycles. The highest BCUT2D eigenvalue weighted by Gasteiger charge is 2.12. The van der Waals surface area contributed by atoms with Crippen LogP contribution in [-0.2, 0) is 9.53 Å².